The fourth-order valence-electron chi connectivity index (χ4n) is 5.73. The first-order chi connectivity index (χ1) is 16.9. The number of nitrogens with zero attached hydrogens (tertiary/aromatic N) is 3. The summed E-state index contributed by atoms with van der Waals surface area (Å²) in [7, 11) is 4.85. The van der Waals surface area contributed by atoms with Crippen LogP contribution in [-0.2, 0) is 11.2 Å². The maximum absolute atomic E-state index is 12.7. The second-order valence-corrected chi connectivity index (χ2v) is 9.55. The number of rotatable bonds is 4. The van der Waals surface area contributed by atoms with Crippen LogP contribution in [0.4, 0.5) is 10.5 Å². The van der Waals surface area contributed by atoms with Gasteiger partial charge in [-0.1, -0.05) is 12.1 Å². The van der Waals surface area contributed by atoms with Crippen molar-refractivity contribution < 1.29 is 19.1 Å². The number of hydrogen-bond acceptors (Lipinski definition) is 6. The van der Waals surface area contributed by atoms with Crippen LogP contribution in [0.5, 0.6) is 11.5 Å². The molecule has 0 radical (unpaired) electrons. The third-order valence-corrected chi connectivity index (χ3v) is 7.41. The lowest BCUT2D eigenvalue weighted by molar-refractivity contribution is -0.120. The first-order valence-electron chi connectivity index (χ1n) is 12.2. The number of amides is 2. The average molecular weight is 477 g/mol. The molecule has 0 unspecified atom stereocenters. The maximum atomic E-state index is 12.7. The van der Waals surface area contributed by atoms with E-state index >= 15 is 0 Å². The lowest BCUT2D eigenvalue weighted by Crippen LogP contribution is -2.43. The Morgan fingerprint density at radius 2 is 1.63 bits per heavy atom. The van der Waals surface area contributed by atoms with Crippen LogP contribution in [0, 0.1) is 0 Å². The van der Waals surface area contributed by atoms with Crippen LogP contribution >= 0.6 is 0 Å². The SMILES string of the molecule is CNC(=O)N1N=C(c2ccc(N3[C@@H]4CC[C@H]3CC(=O)C4)cc2)c2cc(OC)c(OC)cc2C[C@@H]1C. The van der Waals surface area contributed by atoms with E-state index in [-0.39, 0.29) is 12.1 Å². The van der Waals surface area contributed by atoms with E-state index < -0.39 is 0 Å². The molecule has 184 valence electrons. The molecule has 35 heavy (non-hydrogen) atoms. The lowest BCUT2D eigenvalue weighted by Gasteiger charge is -2.36. The molecule has 0 aromatic heterocycles. The molecule has 0 aliphatic carbocycles. The van der Waals surface area contributed by atoms with E-state index in [9.17, 15) is 9.59 Å². The summed E-state index contributed by atoms with van der Waals surface area (Å²) in [5, 5.41) is 9.07. The van der Waals surface area contributed by atoms with E-state index in [1.165, 1.54) is 5.01 Å². The minimum Gasteiger partial charge on any atom is -0.493 e. The summed E-state index contributed by atoms with van der Waals surface area (Å²) in [6.45, 7) is 1.98. The third-order valence-electron chi connectivity index (χ3n) is 7.41. The van der Waals surface area contributed by atoms with Gasteiger partial charge in [0.1, 0.15) is 5.78 Å². The Kier molecular flexibility index (Phi) is 6.13. The molecule has 2 aromatic carbocycles. The Labute approximate surface area is 205 Å². The molecule has 2 fully saturated rings. The molecular formula is C27H32N4O4. The fourth-order valence-corrected chi connectivity index (χ4v) is 5.73. The van der Waals surface area contributed by atoms with Crippen LogP contribution in [0.3, 0.4) is 0 Å². The molecule has 0 saturated carbocycles. The average Bonchev–Trinajstić information content (AvgIpc) is 3.05. The van der Waals surface area contributed by atoms with E-state index in [0.717, 1.165) is 35.2 Å². The van der Waals surface area contributed by atoms with Crippen LogP contribution in [-0.4, -0.2) is 61.9 Å². The van der Waals surface area contributed by atoms with Crippen molar-refractivity contribution in [1.29, 1.82) is 0 Å². The normalized spacial score (nSPS) is 23.4. The summed E-state index contributed by atoms with van der Waals surface area (Å²) in [4.78, 5) is 27.2. The molecule has 2 bridgehead atoms. The van der Waals surface area contributed by atoms with Crippen molar-refractivity contribution in [2.75, 3.05) is 26.2 Å². The van der Waals surface area contributed by atoms with Gasteiger partial charge in [-0.15, -0.1) is 0 Å². The van der Waals surface area contributed by atoms with Crippen molar-refractivity contribution >= 4 is 23.2 Å². The van der Waals surface area contributed by atoms with Crippen LogP contribution in [0.1, 0.15) is 49.3 Å². The Hall–Kier alpha value is -3.55. The molecule has 5 rings (SSSR count). The van der Waals surface area contributed by atoms with Gasteiger partial charge in [0.25, 0.3) is 0 Å². The van der Waals surface area contributed by atoms with E-state index in [0.29, 0.717) is 54.3 Å². The largest absolute Gasteiger partial charge is 0.493 e. The monoisotopic (exact) mass is 476 g/mol. The molecule has 0 spiro atoms. The van der Waals surface area contributed by atoms with Crippen LogP contribution in [0.25, 0.3) is 0 Å². The number of urea groups is 1. The van der Waals surface area contributed by atoms with Crippen LogP contribution < -0.4 is 19.7 Å². The van der Waals surface area contributed by atoms with Gasteiger partial charge in [-0.05, 0) is 56.0 Å². The highest BCUT2D eigenvalue weighted by Gasteiger charge is 2.40. The Balaban J connectivity index is 1.57. The Morgan fingerprint density at radius 3 is 2.23 bits per heavy atom. The summed E-state index contributed by atoms with van der Waals surface area (Å²) in [5.41, 5.74) is 4.70. The number of ether oxygens (including phenoxy) is 2. The molecule has 3 aliphatic heterocycles. The molecule has 3 atom stereocenters. The molecule has 2 amide bonds. The molecule has 2 aromatic rings. The van der Waals surface area contributed by atoms with Gasteiger partial charge in [-0.25, -0.2) is 9.80 Å². The summed E-state index contributed by atoms with van der Waals surface area (Å²) in [6.07, 6.45) is 4.04. The topological polar surface area (TPSA) is 83.5 Å². The lowest BCUT2D eigenvalue weighted by atomic mass is 9.93. The number of carbonyl (C=O) groups excluding carboxylic acids is 2. The molecule has 3 aliphatic rings. The summed E-state index contributed by atoms with van der Waals surface area (Å²) >= 11 is 0. The highest BCUT2D eigenvalue weighted by molar-refractivity contribution is 6.14. The number of carbonyl (C=O) groups is 2. The Morgan fingerprint density at radius 1 is 1.00 bits per heavy atom. The van der Waals surface area contributed by atoms with Crippen molar-refractivity contribution in [3.8, 4) is 11.5 Å². The molecular weight excluding hydrogens is 444 g/mol. The zero-order valence-electron chi connectivity index (χ0n) is 20.7. The number of piperidine rings is 1. The Bertz CT molecular complexity index is 1160. The summed E-state index contributed by atoms with van der Waals surface area (Å²) in [6, 6.07) is 12.4. The molecule has 1 N–H and O–H groups in total. The second kappa shape index (κ2) is 9.24. The van der Waals surface area contributed by atoms with Gasteiger partial charge in [0.2, 0.25) is 0 Å². The van der Waals surface area contributed by atoms with Crippen molar-refractivity contribution in [2.24, 2.45) is 5.10 Å². The highest BCUT2D eigenvalue weighted by Crippen LogP contribution is 2.39. The predicted molar refractivity (Wildman–Crippen MR) is 135 cm³/mol. The van der Waals surface area contributed by atoms with Gasteiger partial charge in [-0.2, -0.15) is 5.10 Å². The number of methoxy groups -OCH3 is 2. The third kappa shape index (κ3) is 4.11. The quantitative estimate of drug-likeness (QED) is 0.727. The number of anilines is 1. The van der Waals surface area contributed by atoms with Gasteiger partial charge in [0.15, 0.2) is 11.5 Å². The molecule has 3 heterocycles. The number of hydrogen-bond donors (Lipinski definition) is 1. The van der Waals surface area contributed by atoms with E-state index in [2.05, 4.69) is 34.5 Å². The molecule has 2 saturated heterocycles. The minimum absolute atomic E-state index is 0.148. The molecule has 8 nitrogen and oxygen atoms in total. The van der Waals surface area contributed by atoms with Crippen LogP contribution in [0.15, 0.2) is 41.5 Å². The summed E-state index contributed by atoms with van der Waals surface area (Å²) < 4.78 is 11.1. The molecule has 8 heteroatoms. The number of nitrogens with one attached hydrogen (secondary N) is 1. The highest BCUT2D eigenvalue weighted by atomic mass is 16.5. The van der Waals surface area contributed by atoms with Crippen LogP contribution in [0.2, 0.25) is 0 Å². The standard InChI is InChI=1S/C27H32N4O4/c1-16-11-18-12-24(34-3)25(35-4)15-23(18)26(29-31(16)27(33)28-2)17-5-7-19(8-6-17)30-20-9-10-21(30)14-22(32)13-20/h5-8,12,15-16,20-21H,9-11,13-14H2,1-4H3,(H,28,33)/t16-,20-,21+/m0/s1. The van der Waals surface area contributed by atoms with Crippen molar-refractivity contribution in [2.45, 2.75) is 57.2 Å². The zero-order chi connectivity index (χ0) is 24.7. The van der Waals surface area contributed by atoms with Crippen molar-refractivity contribution in [1.82, 2.24) is 10.3 Å². The fraction of sp³-hybridized carbons (Fsp3) is 0.444. The first-order valence-corrected chi connectivity index (χ1v) is 12.2. The van der Waals surface area contributed by atoms with Gasteiger partial charge >= 0.3 is 6.03 Å². The summed E-state index contributed by atoms with van der Waals surface area (Å²) in [5.74, 6) is 1.64. The predicted octanol–water partition coefficient (Wildman–Crippen LogP) is 3.74. The first kappa shape index (κ1) is 23.2. The number of ketones is 1. The second-order valence-electron chi connectivity index (χ2n) is 9.55. The van der Waals surface area contributed by atoms with E-state index in [4.69, 9.17) is 14.6 Å². The number of benzene rings is 2. The number of hydrazone groups is 1. The number of Topliss-reactive ketones (excluding diaryl/α,β-unsaturated/α-hetero) is 1. The van der Waals surface area contributed by atoms with Gasteiger partial charge in [0, 0.05) is 48.8 Å². The maximum Gasteiger partial charge on any atom is 0.337 e. The van der Waals surface area contributed by atoms with Gasteiger partial charge < -0.3 is 19.7 Å². The van der Waals surface area contributed by atoms with Crippen molar-refractivity contribution in [3.63, 3.8) is 0 Å². The van der Waals surface area contributed by atoms with E-state index in [1.807, 2.05) is 19.1 Å². The van der Waals surface area contributed by atoms with E-state index in [1.54, 1.807) is 21.3 Å². The zero-order valence-corrected chi connectivity index (χ0v) is 20.7. The number of fused-ring (bicyclic) bond motifs is 3. The van der Waals surface area contributed by atoms with Gasteiger partial charge in [0.05, 0.1) is 26.0 Å². The van der Waals surface area contributed by atoms with Crippen molar-refractivity contribution in [3.05, 3.63) is 53.1 Å². The van der Waals surface area contributed by atoms with Gasteiger partial charge in [-0.3, -0.25) is 4.79 Å². The smallest absolute Gasteiger partial charge is 0.337 e. The minimum atomic E-state index is -0.257.